The number of hydrogen-bond donors (Lipinski definition) is 0. The summed E-state index contributed by atoms with van der Waals surface area (Å²) in [6.07, 6.45) is 14.2. The van der Waals surface area contributed by atoms with Gasteiger partial charge in [0.1, 0.15) is 24.7 Å². The van der Waals surface area contributed by atoms with Gasteiger partial charge < -0.3 is 18.9 Å². The first-order valence-corrected chi connectivity index (χ1v) is 18.4. The summed E-state index contributed by atoms with van der Waals surface area (Å²) in [5.41, 5.74) is 5.45. The summed E-state index contributed by atoms with van der Waals surface area (Å²) in [6.45, 7) is 23.0. The van der Waals surface area contributed by atoms with Gasteiger partial charge in [0, 0.05) is 11.1 Å². The monoisotopic (exact) mass is 634 g/mol. The van der Waals surface area contributed by atoms with Crippen LogP contribution in [0.15, 0.2) is 36.4 Å². The highest BCUT2D eigenvalue weighted by Gasteiger charge is 2.30. The third-order valence-corrected chi connectivity index (χ3v) is 9.91. The lowest BCUT2D eigenvalue weighted by Crippen LogP contribution is -2.23. The summed E-state index contributed by atoms with van der Waals surface area (Å²) in [7, 11) is 0. The molecule has 4 heteroatoms. The molecule has 0 spiro atoms. The van der Waals surface area contributed by atoms with Gasteiger partial charge in [0.15, 0.2) is 0 Å². The largest absolute Gasteiger partial charge is 0.490 e. The van der Waals surface area contributed by atoms with Crippen molar-refractivity contribution in [3.05, 3.63) is 58.7 Å². The summed E-state index contributed by atoms with van der Waals surface area (Å²) in [6, 6.07) is 13.4. The van der Waals surface area contributed by atoms with Crippen molar-refractivity contribution < 1.29 is 18.9 Å². The lowest BCUT2D eigenvalue weighted by atomic mass is 9.69. The fraction of sp³-hybridized carbons (Fsp3) is 0.714. The number of rotatable bonds is 13. The van der Waals surface area contributed by atoms with E-state index in [0.29, 0.717) is 44.6 Å². The predicted octanol–water partition coefficient (Wildman–Crippen LogP) is 11.7. The number of benzene rings is 2. The van der Waals surface area contributed by atoms with Gasteiger partial charge in [-0.05, 0) is 89.7 Å². The van der Waals surface area contributed by atoms with Crippen molar-refractivity contribution in [2.75, 3.05) is 13.2 Å². The molecular formula is C42H66O4. The second-order valence-electron chi connectivity index (χ2n) is 17.5. The van der Waals surface area contributed by atoms with Gasteiger partial charge in [0.2, 0.25) is 0 Å². The molecule has 258 valence electrons. The Labute approximate surface area is 282 Å². The Hall–Kier alpha value is -2.04. The van der Waals surface area contributed by atoms with Crippen LogP contribution in [0.3, 0.4) is 0 Å². The minimum Gasteiger partial charge on any atom is -0.490 e. The van der Waals surface area contributed by atoms with Crippen LogP contribution in [0.2, 0.25) is 0 Å². The van der Waals surface area contributed by atoms with Crippen LogP contribution in [0.25, 0.3) is 0 Å². The van der Waals surface area contributed by atoms with Crippen molar-refractivity contribution in [1.82, 2.24) is 0 Å². The maximum atomic E-state index is 6.61. The van der Waals surface area contributed by atoms with E-state index in [1.807, 2.05) is 0 Å². The van der Waals surface area contributed by atoms with E-state index in [0.717, 1.165) is 54.7 Å². The maximum Gasteiger partial charge on any atom is 0.130 e. The molecule has 2 aromatic carbocycles. The molecule has 4 rings (SSSR count). The van der Waals surface area contributed by atoms with Gasteiger partial charge in [-0.2, -0.15) is 0 Å². The molecule has 0 bridgehead atoms. The van der Waals surface area contributed by atoms with Crippen LogP contribution < -0.4 is 9.47 Å². The minimum atomic E-state index is 0.0197. The molecule has 0 heterocycles. The van der Waals surface area contributed by atoms with E-state index in [1.54, 1.807) is 0 Å². The van der Waals surface area contributed by atoms with Gasteiger partial charge in [0.05, 0.1) is 25.4 Å². The average Bonchev–Trinajstić information content (AvgIpc) is 3.00. The molecule has 2 aliphatic carbocycles. The van der Waals surface area contributed by atoms with Crippen molar-refractivity contribution in [3.63, 3.8) is 0 Å². The molecule has 1 unspecified atom stereocenters. The molecule has 46 heavy (non-hydrogen) atoms. The van der Waals surface area contributed by atoms with E-state index in [9.17, 15) is 0 Å². The zero-order chi connectivity index (χ0) is 33.4. The van der Waals surface area contributed by atoms with Gasteiger partial charge in [-0.25, -0.2) is 0 Å². The molecule has 4 nitrogen and oxygen atoms in total. The van der Waals surface area contributed by atoms with Gasteiger partial charge in [-0.1, -0.05) is 113 Å². The van der Waals surface area contributed by atoms with Crippen LogP contribution in [-0.4, -0.2) is 25.4 Å². The van der Waals surface area contributed by atoms with Gasteiger partial charge in [-0.15, -0.1) is 0 Å². The van der Waals surface area contributed by atoms with Crippen LogP contribution in [0.5, 0.6) is 11.5 Å². The lowest BCUT2D eigenvalue weighted by Gasteiger charge is -2.36. The zero-order valence-corrected chi connectivity index (χ0v) is 30.9. The van der Waals surface area contributed by atoms with Crippen LogP contribution in [0, 0.1) is 10.8 Å². The fourth-order valence-corrected chi connectivity index (χ4v) is 7.10. The molecule has 0 aromatic heterocycles. The summed E-state index contributed by atoms with van der Waals surface area (Å²) >= 11 is 0. The zero-order valence-electron chi connectivity index (χ0n) is 30.9. The first kappa shape index (κ1) is 36.8. The van der Waals surface area contributed by atoms with E-state index in [2.05, 4.69) is 98.7 Å². The van der Waals surface area contributed by atoms with Crippen LogP contribution >= 0.6 is 0 Å². The predicted molar refractivity (Wildman–Crippen MR) is 192 cm³/mol. The van der Waals surface area contributed by atoms with Crippen LogP contribution in [0.1, 0.15) is 161 Å². The number of hydrogen-bond acceptors (Lipinski definition) is 4. The van der Waals surface area contributed by atoms with E-state index < -0.39 is 0 Å². The Morgan fingerprint density at radius 1 is 0.630 bits per heavy atom. The smallest absolute Gasteiger partial charge is 0.130 e. The minimum absolute atomic E-state index is 0.0197. The Bertz CT molecular complexity index is 1140. The average molecular weight is 635 g/mol. The maximum absolute atomic E-state index is 6.61. The summed E-state index contributed by atoms with van der Waals surface area (Å²) < 4.78 is 25.9. The van der Waals surface area contributed by atoms with E-state index >= 15 is 0 Å². The van der Waals surface area contributed by atoms with Gasteiger partial charge in [0.25, 0.3) is 0 Å². The van der Waals surface area contributed by atoms with Crippen molar-refractivity contribution in [1.29, 1.82) is 0 Å². The molecule has 0 radical (unpaired) electrons. The normalized spacial score (nSPS) is 18.0. The molecule has 2 aliphatic rings. The molecule has 0 amide bonds. The SMILES string of the molecule is CC(C)(C)CC(c1ccc(OCCOc2c(COC3CCCCC3)cc(C(C)(C)C)cc2COC2CCCCC2)cc1)C(C)(C)C. The van der Waals surface area contributed by atoms with Crippen LogP contribution in [-0.2, 0) is 28.1 Å². The lowest BCUT2D eigenvalue weighted by molar-refractivity contribution is 0.0120. The van der Waals surface area contributed by atoms with Crippen molar-refractivity contribution >= 4 is 0 Å². The van der Waals surface area contributed by atoms with Crippen LogP contribution in [0.4, 0.5) is 0 Å². The summed E-state index contributed by atoms with van der Waals surface area (Å²) in [5, 5.41) is 0. The summed E-state index contributed by atoms with van der Waals surface area (Å²) in [4.78, 5) is 0. The molecule has 1 atom stereocenters. The molecule has 2 fully saturated rings. The topological polar surface area (TPSA) is 36.9 Å². The Morgan fingerprint density at radius 3 is 1.54 bits per heavy atom. The quantitative estimate of drug-likeness (QED) is 0.205. The molecule has 0 N–H and O–H groups in total. The highest BCUT2D eigenvalue weighted by atomic mass is 16.5. The van der Waals surface area contributed by atoms with Gasteiger partial charge in [-0.3, -0.25) is 0 Å². The summed E-state index contributed by atoms with van der Waals surface area (Å²) in [5.74, 6) is 2.30. The number of ether oxygens (including phenoxy) is 4. The Kier molecular flexibility index (Phi) is 13.1. The first-order valence-electron chi connectivity index (χ1n) is 18.4. The highest BCUT2D eigenvalue weighted by Crippen LogP contribution is 2.43. The van der Waals surface area contributed by atoms with Crippen molar-refractivity contribution in [2.24, 2.45) is 10.8 Å². The first-order chi connectivity index (χ1) is 21.7. The van der Waals surface area contributed by atoms with E-state index in [1.165, 1.54) is 49.7 Å². The second-order valence-corrected chi connectivity index (χ2v) is 17.5. The highest BCUT2D eigenvalue weighted by molar-refractivity contribution is 5.46. The standard InChI is InChI=1S/C42H66O4/c1-40(2,3)28-38(42(7,8)9)31-20-22-37(23-21-31)43-24-25-44-39-32(29-45-35-16-12-10-13-17-35)26-34(41(4,5)6)27-33(39)30-46-36-18-14-11-15-19-36/h20-23,26-27,35-36,38H,10-19,24-25,28-30H2,1-9H3. The van der Waals surface area contributed by atoms with Crippen molar-refractivity contribution in [3.8, 4) is 11.5 Å². The molecule has 0 saturated heterocycles. The molecule has 2 saturated carbocycles. The third kappa shape index (κ3) is 11.6. The van der Waals surface area contributed by atoms with Crippen molar-refractivity contribution in [2.45, 2.75) is 170 Å². The molecule has 2 aromatic rings. The molecular weight excluding hydrogens is 568 g/mol. The Balaban J connectivity index is 1.47. The third-order valence-electron chi connectivity index (χ3n) is 9.91. The van der Waals surface area contributed by atoms with Gasteiger partial charge >= 0.3 is 0 Å². The van der Waals surface area contributed by atoms with E-state index in [-0.39, 0.29) is 16.2 Å². The second kappa shape index (κ2) is 16.4. The molecule has 0 aliphatic heterocycles. The fourth-order valence-electron chi connectivity index (χ4n) is 7.10. The van der Waals surface area contributed by atoms with E-state index in [4.69, 9.17) is 18.9 Å². The Morgan fingerprint density at radius 2 is 1.11 bits per heavy atom.